The largest absolute Gasteiger partial charge is 0.493 e. The molecule has 1 amide bonds. The van der Waals surface area contributed by atoms with Crippen LogP contribution in [0.4, 0.5) is 5.69 Å². The summed E-state index contributed by atoms with van der Waals surface area (Å²) in [6.07, 6.45) is 1.81. The lowest BCUT2D eigenvalue weighted by Gasteiger charge is -2.25. The third-order valence-electron chi connectivity index (χ3n) is 4.98. The van der Waals surface area contributed by atoms with E-state index in [0.29, 0.717) is 30.2 Å². The maximum Gasteiger partial charge on any atom is 0.232 e. The van der Waals surface area contributed by atoms with E-state index in [1.807, 2.05) is 51.1 Å². The van der Waals surface area contributed by atoms with Gasteiger partial charge in [-0.15, -0.1) is 0 Å². The molecule has 0 bridgehead atoms. The molecule has 0 aromatic heterocycles. The fourth-order valence-corrected chi connectivity index (χ4v) is 4.21. The first-order valence-corrected chi connectivity index (χ1v) is 12.1. The highest BCUT2D eigenvalue weighted by Crippen LogP contribution is 2.26. The van der Waals surface area contributed by atoms with E-state index in [1.165, 1.54) is 10.6 Å². The molecule has 0 heterocycles. The van der Waals surface area contributed by atoms with Gasteiger partial charge >= 0.3 is 0 Å². The molecule has 170 valence electrons. The van der Waals surface area contributed by atoms with E-state index in [1.54, 1.807) is 19.2 Å². The zero-order chi connectivity index (χ0) is 23.0. The van der Waals surface area contributed by atoms with Crippen LogP contribution in [0.1, 0.15) is 30.9 Å². The van der Waals surface area contributed by atoms with Crippen LogP contribution in [0.2, 0.25) is 0 Å². The van der Waals surface area contributed by atoms with Gasteiger partial charge in [-0.1, -0.05) is 24.3 Å². The van der Waals surface area contributed by atoms with E-state index >= 15 is 0 Å². The Labute approximate surface area is 185 Å². The van der Waals surface area contributed by atoms with Crippen LogP contribution < -0.4 is 19.1 Å². The molecule has 0 unspecified atom stereocenters. The van der Waals surface area contributed by atoms with Crippen molar-refractivity contribution in [2.75, 3.05) is 30.8 Å². The first kappa shape index (κ1) is 24.5. The molecule has 0 aliphatic carbocycles. The molecular weight excluding hydrogens is 416 g/mol. The third kappa shape index (κ3) is 7.17. The Morgan fingerprint density at radius 2 is 1.77 bits per heavy atom. The SMILES string of the molecule is COc1ccccc1OC[C@H](C)NC(=O)CCCN(c1cccc(C)c1C)S(C)(=O)=O. The standard InChI is InChI=1S/C23H32N2O5S/c1-17-10-8-11-20(19(17)3)25(31(5,27)28)15-9-14-23(26)24-18(2)16-30-22-13-7-6-12-21(22)29-4/h6-8,10-13,18H,9,14-16H2,1-5H3,(H,24,26)/t18-/m0/s1. The molecule has 8 heteroatoms. The van der Waals surface area contributed by atoms with E-state index in [2.05, 4.69) is 5.32 Å². The summed E-state index contributed by atoms with van der Waals surface area (Å²) in [5, 5.41) is 2.89. The number of amides is 1. The van der Waals surface area contributed by atoms with E-state index in [9.17, 15) is 13.2 Å². The van der Waals surface area contributed by atoms with Gasteiger partial charge in [0.05, 0.1) is 25.1 Å². The molecule has 2 aromatic rings. The molecule has 0 radical (unpaired) electrons. The quantitative estimate of drug-likeness (QED) is 0.569. The molecule has 0 spiro atoms. The average Bonchev–Trinajstić information content (AvgIpc) is 2.71. The van der Waals surface area contributed by atoms with Crippen molar-refractivity contribution < 1.29 is 22.7 Å². The summed E-state index contributed by atoms with van der Waals surface area (Å²) in [6.45, 7) is 6.24. The Hall–Kier alpha value is -2.74. The van der Waals surface area contributed by atoms with Crippen molar-refractivity contribution in [2.24, 2.45) is 0 Å². The molecule has 31 heavy (non-hydrogen) atoms. The fraction of sp³-hybridized carbons (Fsp3) is 0.435. The molecule has 0 saturated carbocycles. The fourth-order valence-electron chi connectivity index (χ4n) is 3.20. The number of ether oxygens (including phenoxy) is 2. The van der Waals surface area contributed by atoms with Gasteiger partial charge in [-0.2, -0.15) is 0 Å². The topological polar surface area (TPSA) is 84.9 Å². The first-order chi connectivity index (χ1) is 14.6. The number of hydrogen-bond acceptors (Lipinski definition) is 5. The van der Waals surface area contributed by atoms with Crippen molar-refractivity contribution >= 4 is 21.6 Å². The number of para-hydroxylation sites is 2. The molecule has 0 aliphatic heterocycles. The molecule has 2 rings (SSSR count). The zero-order valence-electron chi connectivity index (χ0n) is 18.8. The zero-order valence-corrected chi connectivity index (χ0v) is 19.7. The number of carbonyl (C=O) groups excluding carboxylic acids is 1. The minimum absolute atomic E-state index is 0.148. The summed E-state index contributed by atoms with van der Waals surface area (Å²) < 4.78 is 37.0. The van der Waals surface area contributed by atoms with E-state index < -0.39 is 10.0 Å². The van der Waals surface area contributed by atoms with Gasteiger partial charge in [0.25, 0.3) is 0 Å². The van der Waals surface area contributed by atoms with Gasteiger partial charge in [0.15, 0.2) is 11.5 Å². The number of rotatable bonds is 11. The third-order valence-corrected chi connectivity index (χ3v) is 6.16. The van der Waals surface area contributed by atoms with Gasteiger partial charge in [-0.3, -0.25) is 9.10 Å². The minimum atomic E-state index is -3.45. The number of nitrogens with zero attached hydrogens (tertiary/aromatic N) is 1. The number of carbonyl (C=O) groups is 1. The number of hydrogen-bond donors (Lipinski definition) is 1. The molecule has 1 N–H and O–H groups in total. The highest BCUT2D eigenvalue weighted by molar-refractivity contribution is 7.92. The maximum absolute atomic E-state index is 12.3. The second-order valence-electron chi connectivity index (χ2n) is 7.59. The monoisotopic (exact) mass is 448 g/mol. The normalized spacial score (nSPS) is 12.2. The predicted molar refractivity (Wildman–Crippen MR) is 123 cm³/mol. The summed E-state index contributed by atoms with van der Waals surface area (Å²) in [4.78, 5) is 12.3. The van der Waals surface area contributed by atoms with Crippen LogP contribution in [0.5, 0.6) is 11.5 Å². The van der Waals surface area contributed by atoms with Crippen molar-refractivity contribution in [3.8, 4) is 11.5 Å². The van der Waals surface area contributed by atoms with E-state index in [4.69, 9.17) is 9.47 Å². The molecule has 2 aromatic carbocycles. The van der Waals surface area contributed by atoms with Crippen molar-refractivity contribution in [1.29, 1.82) is 0 Å². The Kier molecular flexibility index (Phi) is 8.74. The lowest BCUT2D eigenvalue weighted by atomic mass is 10.1. The van der Waals surface area contributed by atoms with Gasteiger partial charge < -0.3 is 14.8 Å². The van der Waals surface area contributed by atoms with Crippen LogP contribution in [-0.4, -0.2) is 46.9 Å². The molecule has 7 nitrogen and oxygen atoms in total. The smallest absolute Gasteiger partial charge is 0.232 e. The van der Waals surface area contributed by atoms with Crippen LogP contribution in [0, 0.1) is 13.8 Å². The van der Waals surface area contributed by atoms with Gasteiger partial charge in [-0.25, -0.2) is 8.42 Å². The van der Waals surface area contributed by atoms with Crippen LogP contribution in [0.25, 0.3) is 0 Å². The van der Waals surface area contributed by atoms with Crippen LogP contribution in [-0.2, 0) is 14.8 Å². The number of methoxy groups -OCH3 is 1. The van der Waals surface area contributed by atoms with Crippen molar-refractivity contribution in [3.63, 3.8) is 0 Å². The highest BCUT2D eigenvalue weighted by atomic mass is 32.2. The lowest BCUT2D eigenvalue weighted by Crippen LogP contribution is -2.37. The second-order valence-corrected chi connectivity index (χ2v) is 9.49. The lowest BCUT2D eigenvalue weighted by molar-refractivity contribution is -0.121. The van der Waals surface area contributed by atoms with Crippen LogP contribution >= 0.6 is 0 Å². The Morgan fingerprint density at radius 1 is 1.10 bits per heavy atom. The van der Waals surface area contributed by atoms with Gasteiger partial charge in [0, 0.05) is 13.0 Å². The van der Waals surface area contributed by atoms with Gasteiger partial charge in [-0.05, 0) is 56.5 Å². The molecular formula is C23H32N2O5S. The summed E-state index contributed by atoms with van der Waals surface area (Å²) in [5.41, 5.74) is 2.59. The average molecular weight is 449 g/mol. The number of sulfonamides is 1. The predicted octanol–water partition coefficient (Wildman–Crippen LogP) is 3.44. The Morgan fingerprint density at radius 3 is 2.42 bits per heavy atom. The maximum atomic E-state index is 12.3. The molecule has 1 atom stereocenters. The first-order valence-electron chi connectivity index (χ1n) is 10.2. The minimum Gasteiger partial charge on any atom is -0.493 e. The van der Waals surface area contributed by atoms with Crippen molar-refractivity contribution in [1.82, 2.24) is 5.32 Å². The summed E-state index contributed by atoms with van der Waals surface area (Å²) in [5.74, 6) is 1.10. The molecule has 0 saturated heterocycles. The van der Waals surface area contributed by atoms with Crippen LogP contribution in [0.15, 0.2) is 42.5 Å². The number of benzene rings is 2. The number of anilines is 1. The second kappa shape index (κ2) is 11.0. The molecule has 0 aliphatic rings. The molecule has 0 fully saturated rings. The highest BCUT2D eigenvalue weighted by Gasteiger charge is 2.20. The Bertz CT molecular complexity index is 991. The van der Waals surface area contributed by atoms with Crippen LogP contribution in [0.3, 0.4) is 0 Å². The number of nitrogens with one attached hydrogen (secondary N) is 1. The van der Waals surface area contributed by atoms with Crippen molar-refractivity contribution in [3.05, 3.63) is 53.6 Å². The van der Waals surface area contributed by atoms with Gasteiger partial charge in [0.2, 0.25) is 15.9 Å². The summed E-state index contributed by atoms with van der Waals surface area (Å²) in [7, 11) is -1.88. The summed E-state index contributed by atoms with van der Waals surface area (Å²) >= 11 is 0. The Balaban J connectivity index is 1.87. The van der Waals surface area contributed by atoms with Gasteiger partial charge in [0.1, 0.15) is 6.61 Å². The number of aryl methyl sites for hydroxylation is 1. The van der Waals surface area contributed by atoms with E-state index in [-0.39, 0.29) is 24.9 Å². The van der Waals surface area contributed by atoms with E-state index in [0.717, 1.165) is 11.1 Å². The van der Waals surface area contributed by atoms with Crippen molar-refractivity contribution in [2.45, 2.75) is 39.7 Å². The summed E-state index contributed by atoms with van der Waals surface area (Å²) in [6, 6.07) is 12.7.